The fraction of sp³-hybridized carbons (Fsp3) is 0.867. The molecule has 0 heterocycles. The Bertz CT molecular complexity index is 359. The smallest absolute Gasteiger partial charge is 0.407 e. The van der Waals surface area contributed by atoms with E-state index in [4.69, 9.17) is 14.2 Å². The van der Waals surface area contributed by atoms with E-state index in [0.717, 1.165) is 25.7 Å². The highest BCUT2D eigenvalue weighted by atomic mass is 16.6. The molecule has 2 amide bonds. The Labute approximate surface area is 132 Å². The van der Waals surface area contributed by atoms with E-state index in [1.165, 1.54) is 0 Å². The Morgan fingerprint density at radius 3 is 1.91 bits per heavy atom. The van der Waals surface area contributed by atoms with E-state index in [9.17, 15) is 9.59 Å². The minimum atomic E-state index is -0.491. The van der Waals surface area contributed by atoms with Crippen molar-refractivity contribution in [3.63, 3.8) is 0 Å². The third kappa shape index (κ3) is 8.07. The summed E-state index contributed by atoms with van der Waals surface area (Å²) in [7, 11) is 1.56. The van der Waals surface area contributed by atoms with Crippen LogP contribution in [0.15, 0.2) is 0 Å². The van der Waals surface area contributed by atoms with Gasteiger partial charge in [-0.05, 0) is 46.5 Å². The van der Waals surface area contributed by atoms with Gasteiger partial charge in [-0.1, -0.05) is 0 Å². The molecule has 0 aromatic carbocycles. The van der Waals surface area contributed by atoms with Crippen molar-refractivity contribution in [3.05, 3.63) is 0 Å². The molecule has 0 spiro atoms. The lowest BCUT2D eigenvalue weighted by molar-refractivity contribution is 0.0487. The molecule has 1 saturated carbocycles. The number of hydrogen-bond acceptors (Lipinski definition) is 5. The first-order valence-corrected chi connectivity index (χ1v) is 7.72. The lowest BCUT2D eigenvalue weighted by atomic mass is 9.91. The van der Waals surface area contributed by atoms with Crippen LogP contribution in [0.4, 0.5) is 9.59 Å². The van der Waals surface area contributed by atoms with Gasteiger partial charge in [0.25, 0.3) is 0 Å². The van der Waals surface area contributed by atoms with Gasteiger partial charge in [-0.25, -0.2) is 9.59 Å². The molecule has 1 aliphatic carbocycles. The molecule has 7 heteroatoms. The Morgan fingerprint density at radius 2 is 1.45 bits per heavy atom. The zero-order chi connectivity index (χ0) is 16.6. The van der Waals surface area contributed by atoms with E-state index in [2.05, 4.69) is 10.6 Å². The van der Waals surface area contributed by atoms with Crippen LogP contribution in [-0.4, -0.2) is 50.2 Å². The number of amides is 2. The first kappa shape index (κ1) is 18.5. The second kappa shape index (κ2) is 8.82. The van der Waals surface area contributed by atoms with Crippen molar-refractivity contribution < 1.29 is 23.8 Å². The van der Waals surface area contributed by atoms with Crippen molar-refractivity contribution in [1.29, 1.82) is 0 Å². The Kier molecular flexibility index (Phi) is 7.44. The molecule has 0 aliphatic heterocycles. The first-order valence-electron chi connectivity index (χ1n) is 7.72. The number of nitrogens with one attached hydrogen (secondary N) is 2. The van der Waals surface area contributed by atoms with Gasteiger partial charge in [-0.15, -0.1) is 0 Å². The first-order chi connectivity index (χ1) is 10.3. The summed E-state index contributed by atoms with van der Waals surface area (Å²) in [6, 6.07) is 0.184. The monoisotopic (exact) mass is 316 g/mol. The molecule has 0 atom stereocenters. The summed E-state index contributed by atoms with van der Waals surface area (Å²) in [5, 5.41) is 5.70. The summed E-state index contributed by atoms with van der Waals surface area (Å²) in [4.78, 5) is 23.2. The number of methoxy groups -OCH3 is 1. The highest BCUT2D eigenvalue weighted by Crippen LogP contribution is 2.19. The van der Waals surface area contributed by atoms with Gasteiger partial charge in [-0.2, -0.15) is 0 Å². The average molecular weight is 316 g/mol. The van der Waals surface area contributed by atoms with Crippen molar-refractivity contribution in [3.8, 4) is 0 Å². The topological polar surface area (TPSA) is 85.9 Å². The van der Waals surface area contributed by atoms with Gasteiger partial charge in [0.2, 0.25) is 0 Å². The minimum Gasteiger partial charge on any atom is -0.447 e. The van der Waals surface area contributed by atoms with E-state index in [1.54, 1.807) is 7.11 Å². The van der Waals surface area contributed by atoms with Crippen LogP contribution in [0.1, 0.15) is 46.5 Å². The molecule has 0 aromatic heterocycles. The number of carbonyl (C=O) groups is 2. The van der Waals surface area contributed by atoms with Gasteiger partial charge >= 0.3 is 12.2 Å². The van der Waals surface area contributed by atoms with Crippen LogP contribution in [0.3, 0.4) is 0 Å². The van der Waals surface area contributed by atoms with E-state index in [1.807, 2.05) is 20.8 Å². The molecule has 0 radical (unpaired) electrons. The maximum absolute atomic E-state index is 11.7. The fourth-order valence-corrected chi connectivity index (χ4v) is 2.28. The summed E-state index contributed by atoms with van der Waals surface area (Å²) < 4.78 is 15.0. The van der Waals surface area contributed by atoms with Crippen molar-refractivity contribution >= 4 is 12.2 Å². The van der Waals surface area contributed by atoms with E-state index < -0.39 is 11.7 Å². The summed E-state index contributed by atoms with van der Waals surface area (Å²) in [6.45, 7) is 6.14. The number of carbonyl (C=O) groups excluding carboxylic acids is 2. The van der Waals surface area contributed by atoms with E-state index in [0.29, 0.717) is 6.61 Å². The Hall–Kier alpha value is -1.50. The van der Waals surface area contributed by atoms with Gasteiger partial charge in [-0.3, -0.25) is 0 Å². The van der Waals surface area contributed by atoms with Gasteiger partial charge in [0.15, 0.2) is 0 Å². The van der Waals surface area contributed by atoms with Crippen molar-refractivity contribution in [2.45, 2.75) is 64.1 Å². The third-order valence-corrected chi connectivity index (χ3v) is 3.29. The zero-order valence-electron chi connectivity index (χ0n) is 13.9. The second-order valence-electron chi connectivity index (χ2n) is 6.47. The summed E-state index contributed by atoms with van der Waals surface area (Å²) in [6.07, 6.45) is 2.42. The van der Waals surface area contributed by atoms with Crippen LogP contribution in [0.25, 0.3) is 0 Å². The summed E-state index contributed by atoms with van der Waals surface area (Å²) >= 11 is 0. The quantitative estimate of drug-likeness (QED) is 0.759. The molecule has 0 unspecified atom stereocenters. The van der Waals surface area contributed by atoms with E-state index in [-0.39, 0.29) is 24.8 Å². The molecule has 0 bridgehead atoms. The molecule has 0 aromatic rings. The molecule has 22 heavy (non-hydrogen) atoms. The number of rotatable bonds is 5. The van der Waals surface area contributed by atoms with Crippen molar-refractivity contribution in [2.24, 2.45) is 0 Å². The van der Waals surface area contributed by atoms with Crippen LogP contribution in [0, 0.1) is 0 Å². The third-order valence-electron chi connectivity index (χ3n) is 3.29. The number of hydrogen-bond donors (Lipinski definition) is 2. The van der Waals surface area contributed by atoms with Crippen LogP contribution in [0.2, 0.25) is 0 Å². The maximum atomic E-state index is 11.7. The largest absolute Gasteiger partial charge is 0.447 e. The molecule has 1 rings (SSSR count). The van der Waals surface area contributed by atoms with Crippen LogP contribution in [-0.2, 0) is 14.2 Å². The van der Waals surface area contributed by atoms with Crippen molar-refractivity contribution in [1.82, 2.24) is 10.6 Å². The van der Waals surface area contributed by atoms with Gasteiger partial charge in [0, 0.05) is 19.2 Å². The minimum absolute atomic E-state index is 0.0896. The SMILES string of the molecule is COCCOC(=O)NC1CCC(NC(=O)OC(C)(C)C)CC1. The standard InChI is InChI=1S/C15H28N2O5/c1-15(2,3)22-14(19)17-12-7-5-11(6-8-12)16-13(18)21-10-9-20-4/h11-12H,5-10H2,1-4H3,(H,16,18)(H,17,19). The molecule has 0 saturated heterocycles. The predicted molar refractivity (Wildman–Crippen MR) is 81.8 cm³/mol. The zero-order valence-corrected chi connectivity index (χ0v) is 13.9. The molecular formula is C15H28N2O5. The summed E-state index contributed by atoms with van der Waals surface area (Å²) in [5.74, 6) is 0. The Morgan fingerprint density at radius 1 is 0.955 bits per heavy atom. The number of alkyl carbamates (subject to hydrolysis) is 2. The van der Waals surface area contributed by atoms with Gasteiger partial charge in [0.1, 0.15) is 12.2 Å². The van der Waals surface area contributed by atoms with E-state index >= 15 is 0 Å². The van der Waals surface area contributed by atoms with Gasteiger partial charge < -0.3 is 24.8 Å². The fourth-order valence-electron chi connectivity index (χ4n) is 2.28. The van der Waals surface area contributed by atoms with Crippen molar-refractivity contribution in [2.75, 3.05) is 20.3 Å². The second-order valence-corrected chi connectivity index (χ2v) is 6.47. The summed E-state index contributed by atoms with van der Waals surface area (Å²) in [5.41, 5.74) is -0.491. The lowest BCUT2D eigenvalue weighted by Crippen LogP contribution is -2.45. The molecule has 2 N–H and O–H groups in total. The van der Waals surface area contributed by atoms with Gasteiger partial charge in [0.05, 0.1) is 6.61 Å². The normalized spacial score (nSPS) is 21.8. The molecular weight excluding hydrogens is 288 g/mol. The van der Waals surface area contributed by atoms with Crippen LogP contribution in [0.5, 0.6) is 0 Å². The molecule has 1 aliphatic rings. The average Bonchev–Trinajstić information content (AvgIpc) is 2.39. The number of ether oxygens (including phenoxy) is 3. The highest BCUT2D eigenvalue weighted by Gasteiger charge is 2.25. The molecule has 7 nitrogen and oxygen atoms in total. The Balaban J connectivity index is 2.20. The molecule has 128 valence electrons. The molecule has 1 fully saturated rings. The maximum Gasteiger partial charge on any atom is 0.407 e. The highest BCUT2D eigenvalue weighted by molar-refractivity contribution is 5.68. The van der Waals surface area contributed by atoms with Crippen LogP contribution < -0.4 is 10.6 Å². The lowest BCUT2D eigenvalue weighted by Gasteiger charge is -2.30. The van der Waals surface area contributed by atoms with Crippen LogP contribution >= 0.6 is 0 Å². The predicted octanol–water partition coefficient (Wildman–Crippen LogP) is 2.19.